The summed E-state index contributed by atoms with van der Waals surface area (Å²) in [6.07, 6.45) is 0.545. The second-order valence-corrected chi connectivity index (χ2v) is 5.99. The number of piperidine rings is 1. The van der Waals surface area contributed by atoms with Gasteiger partial charge in [-0.3, -0.25) is 14.5 Å². The van der Waals surface area contributed by atoms with Crippen molar-refractivity contribution in [2.24, 2.45) is 0 Å². The lowest BCUT2D eigenvalue weighted by Crippen LogP contribution is -2.49. The fourth-order valence-electron chi connectivity index (χ4n) is 3.25. The zero-order chi connectivity index (χ0) is 18.0. The van der Waals surface area contributed by atoms with Crippen molar-refractivity contribution in [3.63, 3.8) is 0 Å². The molecule has 0 aromatic heterocycles. The molecule has 0 aliphatic carbocycles. The molecule has 2 heterocycles. The molecule has 1 saturated heterocycles. The van der Waals surface area contributed by atoms with Gasteiger partial charge in [0.05, 0.1) is 12.2 Å². The highest BCUT2D eigenvalue weighted by Crippen LogP contribution is 2.31. The zero-order valence-corrected chi connectivity index (χ0v) is 14.0. The molecule has 132 valence electrons. The molecule has 2 aliphatic heterocycles. The van der Waals surface area contributed by atoms with Crippen LogP contribution in [0.25, 0.3) is 5.57 Å². The molecule has 0 radical (unpaired) electrons. The molecule has 0 atom stereocenters. The van der Waals surface area contributed by atoms with E-state index in [9.17, 15) is 19.5 Å². The molecule has 0 bridgehead atoms. The lowest BCUT2D eigenvalue weighted by Gasteiger charge is -2.35. The maximum absolute atomic E-state index is 12.7. The molecule has 7 nitrogen and oxygen atoms in total. The Morgan fingerprint density at radius 3 is 2.40 bits per heavy atom. The van der Waals surface area contributed by atoms with E-state index in [0.29, 0.717) is 38.1 Å². The number of carbonyl (C=O) groups is 3. The number of rotatable bonds is 3. The van der Waals surface area contributed by atoms with Crippen LogP contribution in [0.5, 0.6) is 0 Å². The van der Waals surface area contributed by atoms with E-state index >= 15 is 0 Å². The van der Waals surface area contributed by atoms with Crippen LogP contribution in [0.1, 0.15) is 25.3 Å². The number of amides is 3. The van der Waals surface area contributed by atoms with Crippen molar-refractivity contribution in [3.05, 3.63) is 41.7 Å². The summed E-state index contributed by atoms with van der Waals surface area (Å²) < 4.78 is 4.97. The molecule has 0 saturated carbocycles. The number of hydrogen-bond donors (Lipinski definition) is 1. The van der Waals surface area contributed by atoms with Gasteiger partial charge in [0.1, 0.15) is 0 Å². The molecule has 2 aliphatic rings. The van der Waals surface area contributed by atoms with Crippen molar-refractivity contribution in [2.45, 2.75) is 25.8 Å². The van der Waals surface area contributed by atoms with Gasteiger partial charge in [-0.2, -0.15) is 0 Å². The molecular weight excluding hydrogens is 324 g/mol. The van der Waals surface area contributed by atoms with Crippen LogP contribution in [0, 0.1) is 0 Å². The highest BCUT2D eigenvalue weighted by atomic mass is 16.6. The van der Waals surface area contributed by atoms with Crippen LogP contribution in [-0.4, -0.2) is 58.6 Å². The van der Waals surface area contributed by atoms with E-state index in [0.717, 1.165) is 4.90 Å². The fourth-order valence-corrected chi connectivity index (χ4v) is 3.25. The normalized spacial score (nSPS) is 18.9. The van der Waals surface area contributed by atoms with Gasteiger partial charge in [-0.15, -0.1) is 0 Å². The third kappa shape index (κ3) is 3.09. The maximum Gasteiger partial charge on any atom is 0.409 e. The number of likely N-dealkylation sites (tertiary alicyclic amines) is 1. The van der Waals surface area contributed by atoms with Crippen molar-refractivity contribution in [1.29, 1.82) is 0 Å². The quantitative estimate of drug-likeness (QED) is 0.847. The Bertz CT molecular complexity index is 720. The van der Waals surface area contributed by atoms with Crippen molar-refractivity contribution < 1.29 is 24.2 Å². The van der Waals surface area contributed by atoms with E-state index in [4.69, 9.17) is 4.74 Å². The summed E-state index contributed by atoms with van der Waals surface area (Å²) in [6.45, 7) is 2.86. The molecule has 1 aromatic carbocycles. The van der Waals surface area contributed by atoms with Gasteiger partial charge < -0.3 is 14.7 Å². The Kier molecular flexibility index (Phi) is 4.74. The van der Waals surface area contributed by atoms with Crippen LogP contribution in [-0.2, 0) is 14.3 Å². The van der Waals surface area contributed by atoms with Gasteiger partial charge in [-0.25, -0.2) is 4.79 Å². The summed E-state index contributed by atoms with van der Waals surface area (Å²) in [5.41, 5.74) is 0.559. The first-order valence-electron chi connectivity index (χ1n) is 8.32. The number of ether oxygens (including phenoxy) is 1. The van der Waals surface area contributed by atoms with Gasteiger partial charge in [0, 0.05) is 19.1 Å². The zero-order valence-electron chi connectivity index (χ0n) is 14.0. The minimum absolute atomic E-state index is 0.0402. The number of imide groups is 1. The standard InChI is InChI=1S/C18H20N2O5/c1-2-25-18(24)19-10-8-13(9-11-19)20-16(22)14(15(21)17(20)23)12-6-4-3-5-7-12/h3-7,13,21H,2,8-11H2,1H3. The van der Waals surface area contributed by atoms with Crippen LogP contribution in [0.4, 0.5) is 4.79 Å². The Morgan fingerprint density at radius 1 is 1.16 bits per heavy atom. The summed E-state index contributed by atoms with van der Waals surface area (Å²) in [5.74, 6) is -1.66. The molecule has 25 heavy (non-hydrogen) atoms. The Morgan fingerprint density at radius 2 is 1.80 bits per heavy atom. The van der Waals surface area contributed by atoms with Crippen molar-refractivity contribution >= 4 is 23.5 Å². The minimum atomic E-state index is -0.668. The second-order valence-electron chi connectivity index (χ2n) is 5.99. The topological polar surface area (TPSA) is 87.2 Å². The molecule has 0 unspecified atom stereocenters. The van der Waals surface area contributed by atoms with Crippen LogP contribution >= 0.6 is 0 Å². The third-order valence-electron chi connectivity index (χ3n) is 4.51. The number of hydrogen-bond acceptors (Lipinski definition) is 5. The summed E-state index contributed by atoms with van der Waals surface area (Å²) in [7, 11) is 0. The van der Waals surface area contributed by atoms with Gasteiger partial charge in [0.25, 0.3) is 11.8 Å². The molecule has 0 spiro atoms. The average molecular weight is 344 g/mol. The van der Waals surface area contributed by atoms with E-state index in [-0.39, 0.29) is 17.7 Å². The van der Waals surface area contributed by atoms with Gasteiger partial charge in [0.15, 0.2) is 5.76 Å². The second kappa shape index (κ2) is 6.96. The Labute approximate surface area is 145 Å². The first-order chi connectivity index (χ1) is 12.0. The van der Waals surface area contributed by atoms with Crippen molar-refractivity contribution in [1.82, 2.24) is 9.80 Å². The highest BCUT2D eigenvalue weighted by molar-refractivity contribution is 6.35. The van der Waals surface area contributed by atoms with Crippen LogP contribution in [0.15, 0.2) is 36.1 Å². The molecule has 3 rings (SSSR count). The monoisotopic (exact) mass is 344 g/mol. The molecule has 3 amide bonds. The van der Waals surface area contributed by atoms with Gasteiger partial charge >= 0.3 is 6.09 Å². The third-order valence-corrected chi connectivity index (χ3v) is 4.51. The van der Waals surface area contributed by atoms with Gasteiger partial charge in [-0.1, -0.05) is 30.3 Å². The van der Waals surface area contributed by atoms with E-state index in [1.807, 2.05) is 0 Å². The number of carbonyl (C=O) groups excluding carboxylic acids is 3. The Hall–Kier alpha value is -2.83. The number of aliphatic hydroxyl groups is 1. The lowest BCUT2D eigenvalue weighted by molar-refractivity contribution is -0.141. The predicted molar refractivity (Wildman–Crippen MR) is 89.5 cm³/mol. The van der Waals surface area contributed by atoms with Gasteiger partial charge in [-0.05, 0) is 25.3 Å². The molecule has 1 fully saturated rings. The summed E-state index contributed by atoms with van der Waals surface area (Å²) in [6, 6.07) is 8.31. The smallest absolute Gasteiger partial charge is 0.409 e. The maximum atomic E-state index is 12.7. The van der Waals surface area contributed by atoms with Gasteiger partial charge in [0.2, 0.25) is 0 Å². The predicted octanol–water partition coefficient (Wildman–Crippen LogP) is 1.95. The number of aliphatic hydroxyl groups excluding tert-OH is 1. The largest absolute Gasteiger partial charge is 0.502 e. The van der Waals surface area contributed by atoms with Crippen molar-refractivity contribution in [3.8, 4) is 0 Å². The lowest BCUT2D eigenvalue weighted by atomic mass is 10.0. The van der Waals surface area contributed by atoms with E-state index < -0.39 is 17.6 Å². The molecule has 1 aromatic rings. The van der Waals surface area contributed by atoms with Crippen LogP contribution < -0.4 is 0 Å². The summed E-state index contributed by atoms with van der Waals surface area (Å²) in [4.78, 5) is 39.6. The molecule has 1 N–H and O–H groups in total. The Balaban J connectivity index is 1.73. The minimum Gasteiger partial charge on any atom is -0.502 e. The highest BCUT2D eigenvalue weighted by Gasteiger charge is 2.44. The number of benzene rings is 1. The first-order valence-corrected chi connectivity index (χ1v) is 8.32. The molecular formula is C18H20N2O5. The number of nitrogens with zero attached hydrogens (tertiary/aromatic N) is 2. The SMILES string of the molecule is CCOC(=O)N1CCC(N2C(=O)C(O)=C(c3ccccc3)C2=O)CC1. The average Bonchev–Trinajstić information content (AvgIpc) is 2.85. The summed E-state index contributed by atoms with van der Waals surface area (Å²) in [5, 5.41) is 10.2. The fraction of sp³-hybridized carbons (Fsp3) is 0.389. The van der Waals surface area contributed by atoms with Crippen molar-refractivity contribution in [2.75, 3.05) is 19.7 Å². The molecule has 7 heteroatoms. The van der Waals surface area contributed by atoms with Crippen LogP contribution in [0.2, 0.25) is 0 Å². The van der Waals surface area contributed by atoms with E-state index in [1.54, 1.807) is 42.2 Å². The summed E-state index contributed by atoms with van der Waals surface area (Å²) >= 11 is 0. The first kappa shape index (κ1) is 17.0. The van der Waals surface area contributed by atoms with E-state index in [2.05, 4.69) is 0 Å². The van der Waals surface area contributed by atoms with E-state index in [1.165, 1.54) is 0 Å². The van der Waals surface area contributed by atoms with Crippen LogP contribution in [0.3, 0.4) is 0 Å².